The zero-order chi connectivity index (χ0) is 15.4. The van der Waals surface area contributed by atoms with E-state index in [1.165, 1.54) is 36.4 Å². The van der Waals surface area contributed by atoms with Crippen molar-refractivity contribution < 1.29 is 9.72 Å². The number of nitrogens with zero attached hydrogens (tertiary/aromatic N) is 2. The lowest BCUT2D eigenvalue weighted by molar-refractivity contribution is -0.384. The van der Waals surface area contributed by atoms with Crippen LogP contribution < -0.4 is 5.32 Å². The summed E-state index contributed by atoms with van der Waals surface area (Å²) in [5, 5.41) is 22.2. The first kappa shape index (κ1) is 14.2. The van der Waals surface area contributed by atoms with Crippen LogP contribution >= 0.6 is 0 Å². The van der Waals surface area contributed by atoms with Crippen LogP contribution in [0.25, 0.3) is 0 Å². The molecular formula is C15H11N3O3. The molecule has 0 bridgehead atoms. The average Bonchev–Trinajstić information content (AvgIpc) is 2.49. The highest BCUT2D eigenvalue weighted by atomic mass is 16.6. The lowest BCUT2D eigenvalue weighted by Crippen LogP contribution is -2.13. The normalized spacial score (nSPS) is 9.71. The van der Waals surface area contributed by atoms with E-state index in [4.69, 9.17) is 5.26 Å². The summed E-state index contributed by atoms with van der Waals surface area (Å²) in [7, 11) is 0. The van der Waals surface area contributed by atoms with Gasteiger partial charge in [-0.2, -0.15) is 5.26 Å². The van der Waals surface area contributed by atoms with Gasteiger partial charge in [0.25, 0.3) is 11.6 Å². The fourth-order valence-electron chi connectivity index (χ4n) is 1.79. The topological polar surface area (TPSA) is 96.0 Å². The van der Waals surface area contributed by atoms with Crippen LogP contribution in [-0.2, 0) is 0 Å². The lowest BCUT2D eigenvalue weighted by Gasteiger charge is -2.06. The largest absolute Gasteiger partial charge is 0.316 e. The van der Waals surface area contributed by atoms with E-state index in [9.17, 15) is 14.9 Å². The molecule has 2 aromatic carbocycles. The van der Waals surface area contributed by atoms with Gasteiger partial charge >= 0.3 is 0 Å². The van der Waals surface area contributed by atoms with Crippen molar-refractivity contribution in [2.24, 2.45) is 0 Å². The van der Waals surface area contributed by atoms with Crippen molar-refractivity contribution in [3.63, 3.8) is 0 Å². The SMILES string of the molecule is Cc1ccc(NC(=O)c2ccc(C#N)cc2)c([N+](=O)[O-])c1. The van der Waals surface area contributed by atoms with Gasteiger partial charge in [-0.25, -0.2) is 0 Å². The van der Waals surface area contributed by atoms with Crippen molar-refractivity contribution in [3.05, 3.63) is 69.3 Å². The number of benzene rings is 2. The molecule has 0 saturated carbocycles. The second-order valence-electron chi connectivity index (χ2n) is 4.42. The zero-order valence-electron chi connectivity index (χ0n) is 11.2. The Balaban J connectivity index is 2.27. The van der Waals surface area contributed by atoms with Crippen molar-refractivity contribution in [1.29, 1.82) is 5.26 Å². The number of hydrogen-bond donors (Lipinski definition) is 1. The van der Waals surface area contributed by atoms with E-state index in [0.29, 0.717) is 11.1 Å². The number of carbonyl (C=O) groups is 1. The molecule has 6 nitrogen and oxygen atoms in total. The minimum Gasteiger partial charge on any atom is -0.316 e. The number of nitrogens with one attached hydrogen (secondary N) is 1. The molecule has 1 amide bonds. The van der Waals surface area contributed by atoms with Crippen LogP contribution in [0.15, 0.2) is 42.5 Å². The molecule has 2 rings (SSSR count). The highest BCUT2D eigenvalue weighted by Crippen LogP contribution is 2.25. The van der Waals surface area contributed by atoms with Crippen LogP contribution in [0.4, 0.5) is 11.4 Å². The molecule has 0 fully saturated rings. The fraction of sp³-hybridized carbons (Fsp3) is 0.0667. The van der Waals surface area contributed by atoms with Crippen molar-refractivity contribution in [1.82, 2.24) is 0 Å². The summed E-state index contributed by atoms with van der Waals surface area (Å²) in [5.74, 6) is -0.466. The number of nitro groups is 1. The van der Waals surface area contributed by atoms with Crippen LogP contribution in [0.3, 0.4) is 0 Å². The second kappa shape index (κ2) is 5.84. The quantitative estimate of drug-likeness (QED) is 0.690. The van der Waals surface area contributed by atoms with Gasteiger partial charge < -0.3 is 5.32 Å². The molecule has 0 aromatic heterocycles. The maximum Gasteiger partial charge on any atom is 0.293 e. The van der Waals surface area contributed by atoms with E-state index in [2.05, 4.69) is 5.32 Å². The Hall–Kier alpha value is -3.20. The Morgan fingerprint density at radius 1 is 1.24 bits per heavy atom. The summed E-state index contributed by atoms with van der Waals surface area (Å²) in [6, 6.07) is 12.5. The van der Waals surface area contributed by atoms with E-state index in [1.54, 1.807) is 13.0 Å². The van der Waals surface area contributed by atoms with Gasteiger partial charge in [0.05, 0.1) is 16.6 Å². The molecule has 0 heterocycles. The van der Waals surface area contributed by atoms with Crippen LogP contribution in [0.5, 0.6) is 0 Å². The van der Waals surface area contributed by atoms with Gasteiger partial charge in [-0.3, -0.25) is 14.9 Å². The highest BCUT2D eigenvalue weighted by molar-refractivity contribution is 6.05. The number of amides is 1. The number of hydrogen-bond acceptors (Lipinski definition) is 4. The van der Waals surface area contributed by atoms with Gasteiger partial charge in [0.15, 0.2) is 0 Å². The smallest absolute Gasteiger partial charge is 0.293 e. The van der Waals surface area contributed by atoms with Gasteiger partial charge in [-0.15, -0.1) is 0 Å². The van der Waals surface area contributed by atoms with Crippen LogP contribution in [0, 0.1) is 28.4 Å². The zero-order valence-corrected chi connectivity index (χ0v) is 11.2. The summed E-state index contributed by atoms with van der Waals surface area (Å²) >= 11 is 0. The molecule has 0 aliphatic carbocycles. The molecule has 0 aliphatic heterocycles. The molecule has 0 radical (unpaired) electrons. The molecular weight excluding hydrogens is 270 g/mol. The van der Waals surface area contributed by atoms with Gasteiger partial charge in [-0.1, -0.05) is 6.07 Å². The molecule has 1 N–H and O–H groups in total. The molecule has 0 unspecified atom stereocenters. The molecule has 0 atom stereocenters. The molecule has 0 aliphatic rings. The summed E-state index contributed by atoms with van der Waals surface area (Å²) in [6.07, 6.45) is 0. The monoisotopic (exact) mass is 281 g/mol. The van der Waals surface area contributed by atoms with E-state index in [-0.39, 0.29) is 11.4 Å². The Morgan fingerprint density at radius 2 is 1.90 bits per heavy atom. The average molecular weight is 281 g/mol. The maximum atomic E-state index is 12.1. The van der Waals surface area contributed by atoms with Crippen LogP contribution in [-0.4, -0.2) is 10.8 Å². The standard InChI is InChI=1S/C15H11N3O3/c1-10-2-7-13(14(8-10)18(20)21)17-15(19)12-5-3-11(9-16)4-6-12/h2-8H,1H3,(H,17,19). The lowest BCUT2D eigenvalue weighted by atomic mass is 10.1. The first-order valence-corrected chi connectivity index (χ1v) is 6.08. The first-order chi connectivity index (χ1) is 10.0. The Bertz CT molecular complexity index is 746. The number of aryl methyl sites for hydroxylation is 1. The van der Waals surface area contributed by atoms with Crippen LogP contribution in [0.1, 0.15) is 21.5 Å². The minimum atomic E-state index is -0.540. The number of nitriles is 1. The number of anilines is 1. The van der Waals surface area contributed by atoms with E-state index < -0.39 is 10.8 Å². The minimum absolute atomic E-state index is 0.139. The Morgan fingerprint density at radius 3 is 2.48 bits per heavy atom. The first-order valence-electron chi connectivity index (χ1n) is 6.08. The van der Waals surface area contributed by atoms with E-state index >= 15 is 0 Å². The van der Waals surface area contributed by atoms with Gasteiger partial charge in [0.1, 0.15) is 5.69 Å². The van der Waals surface area contributed by atoms with Gasteiger partial charge in [-0.05, 0) is 42.8 Å². The summed E-state index contributed by atoms with van der Waals surface area (Å²) in [6.45, 7) is 1.74. The summed E-state index contributed by atoms with van der Waals surface area (Å²) in [5.41, 5.74) is 1.48. The van der Waals surface area contributed by atoms with Crippen LogP contribution in [0.2, 0.25) is 0 Å². The molecule has 0 spiro atoms. The summed E-state index contributed by atoms with van der Waals surface area (Å²) in [4.78, 5) is 22.5. The van der Waals surface area contributed by atoms with Crippen molar-refractivity contribution in [3.8, 4) is 6.07 Å². The van der Waals surface area contributed by atoms with Crippen molar-refractivity contribution in [2.75, 3.05) is 5.32 Å². The highest BCUT2D eigenvalue weighted by Gasteiger charge is 2.16. The van der Waals surface area contributed by atoms with E-state index in [1.807, 2.05) is 6.07 Å². The predicted molar refractivity (Wildman–Crippen MR) is 76.9 cm³/mol. The Labute approximate surface area is 120 Å². The van der Waals surface area contributed by atoms with Crippen molar-refractivity contribution in [2.45, 2.75) is 6.92 Å². The summed E-state index contributed by atoms with van der Waals surface area (Å²) < 4.78 is 0. The third kappa shape index (κ3) is 3.22. The fourth-order valence-corrected chi connectivity index (χ4v) is 1.79. The molecule has 6 heteroatoms. The van der Waals surface area contributed by atoms with Gasteiger partial charge in [0.2, 0.25) is 0 Å². The van der Waals surface area contributed by atoms with Gasteiger partial charge in [0, 0.05) is 11.6 Å². The molecule has 2 aromatic rings. The molecule has 0 saturated heterocycles. The second-order valence-corrected chi connectivity index (χ2v) is 4.42. The van der Waals surface area contributed by atoms with E-state index in [0.717, 1.165) is 5.56 Å². The molecule has 104 valence electrons. The maximum absolute atomic E-state index is 12.1. The number of carbonyl (C=O) groups excluding carboxylic acids is 1. The third-order valence-electron chi connectivity index (χ3n) is 2.87. The predicted octanol–water partition coefficient (Wildman–Crippen LogP) is 3.03. The Kier molecular flexibility index (Phi) is 3.95. The number of nitro benzene ring substituents is 1. The number of rotatable bonds is 3. The van der Waals surface area contributed by atoms with Crippen molar-refractivity contribution >= 4 is 17.3 Å². The molecule has 21 heavy (non-hydrogen) atoms. The third-order valence-corrected chi connectivity index (χ3v) is 2.87.